The summed E-state index contributed by atoms with van der Waals surface area (Å²) in [5.74, 6) is 0.0122. The Hall–Kier alpha value is -6.90. The van der Waals surface area contributed by atoms with Crippen molar-refractivity contribution in [1.82, 2.24) is 9.65 Å². The lowest BCUT2D eigenvalue weighted by Gasteiger charge is -2.37. The van der Waals surface area contributed by atoms with Crippen LogP contribution in [0.2, 0.25) is 0 Å². The van der Waals surface area contributed by atoms with Gasteiger partial charge in [-0.25, -0.2) is 13.1 Å². The second-order valence-electron chi connectivity index (χ2n) is 17.9. The molecular formula is C53H54N5O14PS. The van der Waals surface area contributed by atoms with Crippen LogP contribution in [0, 0.1) is 20.2 Å². The summed E-state index contributed by atoms with van der Waals surface area (Å²) in [5, 5.41) is 26.5. The summed E-state index contributed by atoms with van der Waals surface area (Å²) in [7, 11) is -2.44. The van der Waals surface area contributed by atoms with Crippen LogP contribution in [0.15, 0.2) is 144 Å². The summed E-state index contributed by atoms with van der Waals surface area (Å²) in [6.07, 6.45) is -1.53. The lowest BCUT2D eigenvalue weighted by atomic mass is 9.80. The number of ether oxygens (including phenoxy) is 5. The lowest BCUT2D eigenvalue weighted by molar-refractivity contribution is -0.384. The van der Waals surface area contributed by atoms with Crippen LogP contribution in [0.4, 0.5) is 17.2 Å². The molecule has 5 aromatic carbocycles. The summed E-state index contributed by atoms with van der Waals surface area (Å²) in [6.45, 7) is 1.67. The largest absolute Gasteiger partial charge is 0.497 e. The standard InChI is InChI=1S/C53H54N5O14PS/c1-35(59)54-51-46(58(62)63)31-44(52(55-51)68-30-28-36-16-22-40(23-17-36)57(60)61)47-32-48(71-73-56-29-10-15-45(56)50(72-73)34-74(64,65)43-13-8-5-9-14-43)49(70-47)33-69-53(37-11-6-4-7-12-37,38-18-24-41(66-2)25-19-38)39-20-26-42(67-3)27-21-39/h4-9,11-14,16-27,31,45,47-50H,10,15,28-30,32-34H2,1-3H3,(H,54,55,59)/t45-,47+,48-,49+,50+,73+/m0/s1. The Kier molecular flexibility index (Phi) is 15.9. The number of carbonyl (C=O) groups is 1. The first-order chi connectivity index (χ1) is 35.8. The minimum Gasteiger partial charge on any atom is -0.497 e. The molecule has 6 aromatic rings. The number of methoxy groups -OCH3 is 2. The number of rotatable bonds is 21. The number of sulfone groups is 1. The SMILES string of the molecule is COc1ccc(C(OC[C@H]2O[C@@H](c3cc([N+](=O)[O-])c(NC(C)=O)nc3OCCc3ccc([N+](=O)[O-])cc3)C[C@@H]2O[P@]2O[C@H](CS(=O)(=O)c3ccccc3)[C@@H]3CCCN32)(c2ccccc2)c2ccc(OC)cc2)cc1. The Morgan fingerprint density at radius 2 is 1.46 bits per heavy atom. The quantitative estimate of drug-likeness (QED) is 0.0306. The van der Waals surface area contributed by atoms with Crippen LogP contribution in [0.5, 0.6) is 17.4 Å². The summed E-state index contributed by atoms with van der Waals surface area (Å²) in [4.78, 5) is 39.9. The molecule has 3 aliphatic rings. The van der Waals surface area contributed by atoms with Gasteiger partial charge in [-0.2, -0.15) is 4.98 Å². The average Bonchev–Trinajstić information content (AvgIpc) is 4.14. The molecule has 0 bridgehead atoms. The van der Waals surface area contributed by atoms with E-state index in [1.807, 2.05) is 78.9 Å². The Balaban J connectivity index is 1.10. The predicted molar refractivity (Wildman–Crippen MR) is 273 cm³/mol. The molecule has 0 saturated carbocycles. The van der Waals surface area contributed by atoms with Crippen molar-refractivity contribution in [1.29, 1.82) is 0 Å². The number of non-ortho nitro benzene ring substituents is 1. The summed E-state index contributed by atoms with van der Waals surface area (Å²) >= 11 is 0. The number of anilines is 1. The number of nitrogens with one attached hydrogen (secondary N) is 1. The molecule has 3 aliphatic heterocycles. The van der Waals surface area contributed by atoms with Gasteiger partial charge in [0.1, 0.15) is 23.2 Å². The molecule has 6 atom stereocenters. The molecule has 21 heteroatoms. The molecule has 3 fully saturated rings. The molecule has 74 heavy (non-hydrogen) atoms. The van der Waals surface area contributed by atoms with Crippen LogP contribution in [-0.2, 0) is 45.2 Å². The van der Waals surface area contributed by atoms with Crippen LogP contribution in [0.1, 0.15) is 60.1 Å². The van der Waals surface area contributed by atoms with Crippen molar-refractivity contribution in [2.45, 2.75) is 73.6 Å². The van der Waals surface area contributed by atoms with Gasteiger partial charge < -0.3 is 38.0 Å². The summed E-state index contributed by atoms with van der Waals surface area (Å²) in [6, 6.07) is 40.1. The van der Waals surface area contributed by atoms with E-state index in [0.717, 1.165) is 23.1 Å². The molecule has 9 rings (SSSR count). The van der Waals surface area contributed by atoms with E-state index in [0.29, 0.717) is 30.0 Å². The zero-order valence-electron chi connectivity index (χ0n) is 40.7. The van der Waals surface area contributed by atoms with Gasteiger partial charge in [-0.1, -0.05) is 84.9 Å². The number of fused-ring (bicyclic) bond motifs is 1. The van der Waals surface area contributed by atoms with E-state index in [4.69, 9.17) is 32.7 Å². The zero-order chi connectivity index (χ0) is 52.0. The number of benzene rings is 5. The van der Waals surface area contributed by atoms with Gasteiger partial charge in [0.2, 0.25) is 17.6 Å². The maximum absolute atomic E-state index is 13.8. The molecular weight excluding hydrogens is 994 g/mol. The number of hydrogen-bond acceptors (Lipinski definition) is 16. The third-order valence-electron chi connectivity index (χ3n) is 13.3. The third-order valence-corrected chi connectivity index (χ3v) is 16.9. The van der Waals surface area contributed by atoms with Gasteiger partial charge in [0, 0.05) is 50.6 Å². The first-order valence-corrected chi connectivity index (χ1v) is 26.7. The summed E-state index contributed by atoms with van der Waals surface area (Å²) < 4.78 is 75.1. The third kappa shape index (κ3) is 11.3. The van der Waals surface area contributed by atoms with Crippen LogP contribution >= 0.6 is 8.53 Å². The van der Waals surface area contributed by atoms with Crippen molar-refractivity contribution in [3.8, 4) is 17.4 Å². The fraction of sp³-hybridized carbons (Fsp3) is 0.321. The maximum Gasteiger partial charge on any atom is 0.312 e. The van der Waals surface area contributed by atoms with Gasteiger partial charge >= 0.3 is 5.69 Å². The highest BCUT2D eigenvalue weighted by Crippen LogP contribution is 2.59. The van der Waals surface area contributed by atoms with Gasteiger partial charge in [-0.3, -0.25) is 25.0 Å². The van der Waals surface area contributed by atoms with Crippen molar-refractivity contribution in [3.63, 3.8) is 0 Å². The van der Waals surface area contributed by atoms with Crippen LogP contribution in [0.25, 0.3) is 0 Å². The number of amides is 1. The molecule has 0 spiro atoms. The minimum atomic E-state index is -3.75. The first kappa shape index (κ1) is 52.0. The smallest absolute Gasteiger partial charge is 0.312 e. The van der Waals surface area contributed by atoms with E-state index < -0.39 is 69.8 Å². The number of aromatic nitrogens is 1. The van der Waals surface area contributed by atoms with Gasteiger partial charge in [0.25, 0.3) is 14.2 Å². The van der Waals surface area contributed by atoms with Crippen molar-refractivity contribution < 1.29 is 55.8 Å². The maximum atomic E-state index is 13.8. The molecule has 1 N–H and O–H groups in total. The van der Waals surface area contributed by atoms with Crippen molar-refractivity contribution >= 4 is 41.5 Å². The van der Waals surface area contributed by atoms with Gasteiger partial charge in [0.05, 0.1) is 71.8 Å². The van der Waals surface area contributed by atoms with Gasteiger partial charge in [0.15, 0.2) is 9.84 Å². The molecule has 4 heterocycles. The Morgan fingerprint density at radius 1 is 0.838 bits per heavy atom. The Morgan fingerprint density at radius 3 is 2.05 bits per heavy atom. The normalized spacial score (nSPS) is 20.7. The van der Waals surface area contributed by atoms with E-state index in [-0.39, 0.29) is 65.7 Å². The fourth-order valence-electron chi connectivity index (χ4n) is 9.64. The van der Waals surface area contributed by atoms with E-state index in [1.165, 1.54) is 25.1 Å². The number of nitro groups is 2. The van der Waals surface area contributed by atoms with Crippen LogP contribution in [-0.4, -0.2) is 97.9 Å². The average molecular weight is 1050 g/mol. The molecule has 0 radical (unpaired) electrons. The van der Waals surface area contributed by atoms with E-state index >= 15 is 0 Å². The summed E-state index contributed by atoms with van der Waals surface area (Å²) in [5.41, 5.74) is 1.33. The van der Waals surface area contributed by atoms with E-state index in [9.17, 15) is 33.4 Å². The van der Waals surface area contributed by atoms with Crippen molar-refractivity contribution in [3.05, 3.63) is 188 Å². The van der Waals surface area contributed by atoms with Crippen LogP contribution < -0.4 is 19.5 Å². The number of pyridine rings is 1. The first-order valence-electron chi connectivity index (χ1n) is 23.9. The van der Waals surface area contributed by atoms with Crippen LogP contribution in [0.3, 0.4) is 0 Å². The second kappa shape index (κ2) is 22.7. The topological polar surface area (TPSA) is 230 Å². The Bertz CT molecular complexity index is 3000. The van der Waals surface area contributed by atoms with Gasteiger partial charge in [-0.15, -0.1) is 0 Å². The van der Waals surface area contributed by atoms with Crippen molar-refractivity contribution in [2.24, 2.45) is 0 Å². The number of nitro benzene ring substituents is 1. The molecule has 0 aliphatic carbocycles. The van der Waals surface area contributed by atoms with E-state index in [1.54, 1.807) is 56.7 Å². The molecule has 19 nitrogen and oxygen atoms in total. The molecule has 0 unspecified atom stereocenters. The monoisotopic (exact) mass is 1050 g/mol. The Labute approximate surface area is 428 Å². The highest BCUT2D eigenvalue weighted by Gasteiger charge is 2.52. The predicted octanol–water partition coefficient (Wildman–Crippen LogP) is 9.28. The zero-order valence-corrected chi connectivity index (χ0v) is 42.4. The molecule has 386 valence electrons. The molecule has 1 amide bonds. The fourth-order valence-corrected chi connectivity index (χ4v) is 13.2. The van der Waals surface area contributed by atoms with E-state index in [2.05, 4.69) is 15.0 Å². The van der Waals surface area contributed by atoms with Gasteiger partial charge in [-0.05, 0) is 71.5 Å². The number of nitrogens with zero attached hydrogens (tertiary/aromatic N) is 4. The highest BCUT2D eigenvalue weighted by molar-refractivity contribution is 7.91. The highest BCUT2D eigenvalue weighted by atomic mass is 32.2. The number of hydrogen-bond donors (Lipinski definition) is 1. The lowest BCUT2D eigenvalue weighted by Crippen LogP contribution is -2.38. The minimum absolute atomic E-state index is 0.0135. The molecule has 1 aromatic heterocycles. The number of carbonyl (C=O) groups excluding carboxylic acids is 1. The second-order valence-corrected chi connectivity index (χ2v) is 21.4. The van der Waals surface area contributed by atoms with Crippen molar-refractivity contribution in [2.75, 3.05) is 45.0 Å². The molecule has 3 saturated heterocycles.